The SMILES string of the molecule is C#C.C#C.C=CC.CC.CN1CCN(CCCNC[C@]23CCCC2[C@H]2CCC4[C@@]5(C)CC=C(c6ccc(C(=O)O)cc6)C(C)(C)C5CC[C@@]4(C)[C@]2(C)CC3)CC1. The van der Waals surface area contributed by atoms with Gasteiger partial charge >= 0.3 is 5.97 Å². The lowest BCUT2D eigenvalue weighted by Crippen LogP contribution is -2.65. The molecule has 1 heterocycles. The fourth-order valence-electron chi connectivity index (χ4n) is 13.7. The number of carboxylic acids is 1. The molecular weight excluding hydrogens is 687 g/mol. The van der Waals surface area contributed by atoms with Crippen molar-refractivity contribution in [3.05, 3.63) is 54.1 Å². The number of terminal acetylenes is 2. The second kappa shape index (κ2) is 20.2. The van der Waals surface area contributed by atoms with Gasteiger partial charge in [0.2, 0.25) is 0 Å². The van der Waals surface area contributed by atoms with Gasteiger partial charge in [0.25, 0.3) is 0 Å². The van der Waals surface area contributed by atoms with Crippen LogP contribution in [0, 0.1) is 76.4 Å². The van der Waals surface area contributed by atoms with Crippen LogP contribution in [0.15, 0.2) is 43.0 Å². The van der Waals surface area contributed by atoms with E-state index < -0.39 is 5.97 Å². The Kier molecular flexibility index (Phi) is 17.2. The number of likely N-dealkylation sites (N-methyl/N-ethyl adjacent to an activating group) is 1. The lowest BCUT2D eigenvalue weighted by atomic mass is 9.32. The highest BCUT2D eigenvalue weighted by Gasteiger charge is 2.69. The first-order valence-corrected chi connectivity index (χ1v) is 22.2. The van der Waals surface area contributed by atoms with E-state index >= 15 is 0 Å². The van der Waals surface area contributed by atoms with Gasteiger partial charge in [-0.15, -0.1) is 32.3 Å². The van der Waals surface area contributed by atoms with Gasteiger partial charge in [-0.2, -0.15) is 0 Å². The number of rotatable bonds is 8. The Morgan fingerprint density at radius 3 is 2.09 bits per heavy atom. The number of hydrogen-bond acceptors (Lipinski definition) is 4. The monoisotopic (exact) mass is 768 g/mol. The molecule has 0 spiro atoms. The lowest BCUT2D eigenvalue weighted by molar-refractivity contribution is -0.222. The minimum Gasteiger partial charge on any atom is -0.478 e. The molecule has 7 rings (SSSR count). The molecule has 8 atom stereocenters. The Bertz CT molecular complexity index is 1480. The normalized spacial score (nSPS) is 35.4. The van der Waals surface area contributed by atoms with E-state index in [4.69, 9.17) is 0 Å². The van der Waals surface area contributed by atoms with Gasteiger partial charge in [0.15, 0.2) is 0 Å². The van der Waals surface area contributed by atoms with E-state index in [0.29, 0.717) is 33.1 Å². The Morgan fingerprint density at radius 2 is 1.48 bits per heavy atom. The summed E-state index contributed by atoms with van der Waals surface area (Å²) in [6, 6.07) is 7.69. The number of nitrogens with one attached hydrogen (secondary N) is 1. The average molecular weight is 768 g/mol. The van der Waals surface area contributed by atoms with E-state index in [9.17, 15) is 9.90 Å². The third-order valence-corrected chi connectivity index (χ3v) is 16.5. The van der Waals surface area contributed by atoms with Crippen LogP contribution in [0.1, 0.15) is 142 Å². The van der Waals surface area contributed by atoms with Crippen molar-refractivity contribution < 1.29 is 9.90 Å². The van der Waals surface area contributed by atoms with Gasteiger partial charge < -0.3 is 20.2 Å². The summed E-state index contributed by atoms with van der Waals surface area (Å²) in [6.07, 6.45) is 35.5. The van der Waals surface area contributed by atoms with Gasteiger partial charge in [-0.05, 0) is 165 Å². The molecule has 1 aromatic carbocycles. The average Bonchev–Trinajstić information content (AvgIpc) is 3.62. The van der Waals surface area contributed by atoms with Crippen LogP contribution in [0.5, 0.6) is 0 Å². The van der Waals surface area contributed by atoms with Crippen LogP contribution in [0.25, 0.3) is 5.57 Å². The van der Waals surface area contributed by atoms with Gasteiger partial charge in [0, 0.05) is 32.7 Å². The van der Waals surface area contributed by atoms with Crippen LogP contribution in [0.3, 0.4) is 0 Å². The number of allylic oxidation sites excluding steroid dienone is 3. The van der Waals surface area contributed by atoms with E-state index in [1.54, 1.807) is 18.2 Å². The lowest BCUT2D eigenvalue weighted by Gasteiger charge is -2.72. The predicted octanol–water partition coefficient (Wildman–Crippen LogP) is 11.2. The molecule has 1 aromatic rings. The number of nitrogens with zero attached hydrogens (tertiary/aromatic N) is 2. The number of aromatic carboxylic acids is 1. The summed E-state index contributed by atoms with van der Waals surface area (Å²) in [5, 5.41) is 13.5. The largest absolute Gasteiger partial charge is 0.478 e. The molecule has 1 saturated heterocycles. The minimum absolute atomic E-state index is 0.0695. The first kappa shape index (κ1) is 47.5. The molecule has 0 aromatic heterocycles. The van der Waals surface area contributed by atoms with Gasteiger partial charge in [-0.25, -0.2) is 4.79 Å². The van der Waals surface area contributed by atoms with E-state index in [0.717, 1.165) is 24.2 Å². The summed E-state index contributed by atoms with van der Waals surface area (Å²) in [7, 11) is 2.25. The maximum atomic E-state index is 11.5. The quantitative estimate of drug-likeness (QED) is 0.157. The molecule has 2 N–H and O–H groups in total. The van der Waals surface area contributed by atoms with E-state index in [-0.39, 0.29) is 5.41 Å². The predicted molar refractivity (Wildman–Crippen MR) is 240 cm³/mol. The molecule has 3 unspecified atom stereocenters. The number of fused-ring (bicyclic) bond motifs is 7. The van der Waals surface area contributed by atoms with Gasteiger partial charge in [-0.1, -0.05) is 79.2 Å². The smallest absolute Gasteiger partial charge is 0.335 e. The molecule has 5 heteroatoms. The molecule has 312 valence electrons. The number of benzene rings is 1. The molecule has 5 fully saturated rings. The Balaban J connectivity index is 0.000000867. The molecule has 0 amide bonds. The Morgan fingerprint density at radius 1 is 0.857 bits per heavy atom. The number of hydrogen-bond donors (Lipinski definition) is 2. The van der Waals surface area contributed by atoms with Crippen molar-refractivity contribution in [1.29, 1.82) is 0 Å². The summed E-state index contributed by atoms with van der Waals surface area (Å²) in [6.45, 7) is 31.1. The van der Waals surface area contributed by atoms with Crippen LogP contribution in [-0.2, 0) is 0 Å². The van der Waals surface area contributed by atoms with E-state index in [1.165, 1.54) is 121 Å². The minimum atomic E-state index is -0.845. The van der Waals surface area contributed by atoms with Gasteiger partial charge in [0.05, 0.1) is 5.56 Å². The highest BCUT2D eigenvalue weighted by Crippen LogP contribution is 2.77. The van der Waals surface area contributed by atoms with E-state index in [2.05, 4.69) is 107 Å². The van der Waals surface area contributed by atoms with Crippen molar-refractivity contribution in [3.63, 3.8) is 0 Å². The first-order valence-electron chi connectivity index (χ1n) is 22.2. The summed E-state index contributed by atoms with van der Waals surface area (Å²) in [4.78, 5) is 16.6. The maximum Gasteiger partial charge on any atom is 0.335 e. The fourth-order valence-corrected chi connectivity index (χ4v) is 13.7. The van der Waals surface area contributed by atoms with Crippen LogP contribution >= 0.6 is 0 Å². The highest BCUT2D eigenvalue weighted by molar-refractivity contribution is 5.88. The number of piperazine rings is 1. The summed E-state index contributed by atoms with van der Waals surface area (Å²) in [5.41, 5.74) is 4.77. The molecular formula is C51H81N3O2. The zero-order valence-corrected chi connectivity index (χ0v) is 37.3. The Labute approximate surface area is 344 Å². The zero-order chi connectivity index (χ0) is 42.0. The summed E-state index contributed by atoms with van der Waals surface area (Å²) < 4.78 is 0. The van der Waals surface area contributed by atoms with Crippen LogP contribution in [-0.4, -0.2) is 73.7 Å². The van der Waals surface area contributed by atoms with Crippen molar-refractivity contribution in [2.75, 3.05) is 52.9 Å². The van der Waals surface area contributed by atoms with Gasteiger partial charge in [0.1, 0.15) is 0 Å². The van der Waals surface area contributed by atoms with Crippen LogP contribution in [0.2, 0.25) is 0 Å². The summed E-state index contributed by atoms with van der Waals surface area (Å²) in [5.74, 6) is 2.35. The fraction of sp³-hybridized carbons (Fsp3) is 0.706. The topological polar surface area (TPSA) is 55.8 Å². The molecule has 1 aliphatic heterocycles. The molecule has 6 aliphatic rings. The van der Waals surface area contributed by atoms with Crippen molar-refractivity contribution in [3.8, 4) is 25.7 Å². The second-order valence-electron chi connectivity index (χ2n) is 19.0. The third kappa shape index (κ3) is 8.92. The molecule has 0 bridgehead atoms. The standard InChI is InChI=1S/C42H65N3O2.C3H6.C2H6.2C2H2/c1-38(2)32(30-10-12-31(13-11-30)37(46)47)16-19-39(3)35(38)17-20-41(5)36(39)15-14-33-34-9-7-18-42(34,22-21-40(33,41)4)29-43-23-8-24-45-27-25-44(6)26-28-45;1-3-2;3*1-2/h10-13,16,33-36,43H,7-9,14-15,17-29H2,1-6H3,(H,46,47);3H,1H2,2H3;1-2H3;2*1-2H/t33-,34?,35?,36?,39+,40-,41-,42-;;;;/m1..../s1. The first-order chi connectivity index (χ1) is 26.8. The highest BCUT2D eigenvalue weighted by atomic mass is 16.4. The molecule has 0 radical (unpaired) electrons. The molecule has 5 aliphatic carbocycles. The van der Waals surface area contributed by atoms with Crippen molar-refractivity contribution in [2.45, 2.75) is 126 Å². The van der Waals surface area contributed by atoms with E-state index in [1.807, 2.05) is 20.8 Å². The molecule has 5 nitrogen and oxygen atoms in total. The number of carbonyl (C=O) groups is 1. The van der Waals surface area contributed by atoms with Crippen molar-refractivity contribution in [1.82, 2.24) is 15.1 Å². The van der Waals surface area contributed by atoms with Crippen LogP contribution < -0.4 is 5.32 Å². The Hall–Kier alpha value is -2.83. The zero-order valence-electron chi connectivity index (χ0n) is 37.3. The second-order valence-corrected chi connectivity index (χ2v) is 19.0. The van der Waals surface area contributed by atoms with Crippen molar-refractivity contribution >= 4 is 11.5 Å². The number of carboxylic acid groups (broad SMARTS) is 1. The van der Waals surface area contributed by atoms with Gasteiger partial charge in [-0.3, -0.25) is 0 Å². The molecule has 56 heavy (non-hydrogen) atoms. The molecule has 4 saturated carbocycles. The van der Waals surface area contributed by atoms with Crippen molar-refractivity contribution in [2.24, 2.45) is 50.7 Å². The van der Waals surface area contributed by atoms with Crippen LogP contribution in [0.4, 0.5) is 0 Å². The maximum absolute atomic E-state index is 11.5. The summed E-state index contributed by atoms with van der Waals surface area (Å²) >= 11 is 0. The third-order valence-electron chi connectivity index (χ3n) is 16.5.